The minimum absolute atomic E-state index is 0.332. The van der Waals surface area contributed by atoms with E-state index in [1.165, 1.54) is 29.5 Å². The smallest absolute Gasteiger partial charge is 0.231 e. The largest absolute Gasteiger partial charge is 0.453 e. The highest BCUT2D eigenvalue weighted by Gasteiger charge is 2.35. The molecule has 4 atom stereocenters. The molecule has 3 nitrogen and oxygen atoms in total. The molecule has 0 saturated carbocycles. The molecule has 3 heteroatoms. The van der Waals surface area contributed by atoms with Gasteiger partial charge >= 0.3 is 0 Å². The lowest BCUT2D eigenvalue weighted by Crippen LogP contribution is -2.22. The van der Waals surface area contributed by atoms with Crippen molar-refractivity contribution in [3.63, 3.8) is 0 Å². The third-order valence-electron chi connectivity index (χ3n) is 5.53. The predicted molar refractivity (Wildman–Crippen MR) is 96.9 cm³/mol. The van der Waals surface area contributed by atoms with Crippen molar-refractivity contribution < 1.29 is 14.6 Å². The summed E-state index contributed by atoms with van der Waals surface area (Å²) in [5.41, 5.74) is 5.09. The van der Waals surface area contributed by atoms with Crippen molar-refractivity contribution in [2.24, 2.45) is 5.92 Å². The van der Waals surface area contributed by atoms with Crippen LogP contribution in [0.5, 0.6) is 11.5 Å². The summed E-state index contributed by atoms with van der Waals surface area (Å²) in [5.74, 6) is 3.31. The number of ether oxygens (including phenoxy) is 2. The summed E-state index contributed by atoms with van der Waals surface area (Å²) < 4.78 is 11.5. The molecule has 132 valence electrons. The number of aryl methyl sites for hydroxylation is 1. The second-order valence-corrected chi connectivity index (χ2v) is 7.87. The van der Waals surface area contributed by atoms with Crippen molar-refractivity contribution in [2.75, 3.05) is 6.79 Å². The zero-order valence-corrected chi connectivity index (χ0v) is 15.6. The molecule has 1 N–H and O–H groups in total. The van der Waals surface area contributed by atoms with E-state index in [0.29, 0.717) is 24.5 Å². The lowest BCUT2D eigenvalue weighted by atomic mass is 9.70. The Balaban J connectivity index is 1.92. The normalized spacial score (nSPS) is 24.2. The highest BCUT2D eigenvalue weighted by Crippen LogP contribution is 2.52. The number of aliphatic hydroxyl groups excluding tert-OH is 1. The van der Waals surface area contributed by atoms with Gasteiger partial charge in [0.15, 0.2) is 11.5 Å². The van der Waals surface area contributed by atoms with Crippen LogP contribution in [0.2, 0.25) is 0 Å². The summed E-state index contributed by atoms with van der Waals surface area (Å²) in [6.45, 7) is 11.1. The molecule has 0 saturated heterocycles. The molecule has 0 amide bonds. The fourth-order valence-electron chi connectivity index (χ4n) is 4.41. The van der Waals surface area contributed by atoms with E-state index < -0.39 is 0 Å². The van der Waals surface area contributed by atoms with Crippen molar-refractivity contribution >= 4 is 0 Å². The maximum atomic E-state index is 10.3. The molecule has 0 radical (unpaired) electrons. The van der Waals surface area contributed by atoms with E-state index in [1.807, 2.05) is 19.9 Å². The first-order valence-electron chi connectivity index (χ1n) is 9.14. The Bertz CT molecular complexity index is 643. The number of benzene rings is 1. The zero-order valence-electron chi connectivity index (χ0n) is 15.6. The molecular weight excluding hydrogens is 300 g/mol. The van der Waals surface area contributed by atoms with E-state index in [1.54, 1.807) is 0 Å². The average molecular weight is 330 g/mol. The Kier molecular flexibility index (Phi) is 4.91. The SMILES string of the molecule is CC(C)=CC(O)C[C@H](C)[C@H]1CCC(C)c2c1cc(C)c1c2OCO1. The predicted octanol–water partition coefficient (Wildman–Crippen LogP) is 5.06. The standard InChI is InChI=1S/C21H30O3/c1-12(2)8-16(22)9-14(4)17-7-6-13(3)19-18(17)10-15(5)20-21(19)24-11-23-20/h8,10,13-14,16-17,22H,6-7,9,11H2,1-5H3/t13?,14-,16?,17+/m0/s1. The van der Waals surface area contributed by atoms with E-state index in [2.05, 4.69) is 26.8 Å². The van der Waals surface area contributed by atoms with Crippen LogP contribution in [0, 0.1) is 12.8 Å². The van der Waals surface area contributed by atoms with Crippen molar-refractivity contribution in [3.8, 4) is 11.5 Å². The summed E-state index contributed by atoms with van der Waals surface area (Å²) in [6.07, 6.45) is 4.75. The first-order valence-corrected chi connectivity index (χ1v) is 9.14. The van der Waals surface area contributed by atoms with Crippen LogP contribution in [0.3, 0.4) is 0 Å². The van der Waals surface area contributed by atoms with Crippen LogP contribution in [0.1, 0.15) is 75.5 Å². The Hall–Kier alpha value is -1.48. The van der Waals surface area contributed by atoms with Gasteiger partial charge in [0.25, 0.3) is 0 Å². The maximum Gasteiger partial charge on any atom is 0.231 e. The maximum absolute atomic E-state index is 10.3. The van der Waals surface area contributed by atoms with Gasteiger partial charge < -0.3 is 14.6 Å². The molecule has 1 aliphatic heterocycles. The molecule has 1 heterocycles. The Morgan fingerprint density at radius 3 is 2.71 bits per heavy atom. The number of hydrogen-bond donors (Lipinski definition) is 1. The molecule has 0 fully saturated rings. The summed E-state index contributed by atoms with van der Waals surface area (Å²) in [5, 5.41) is 10.3. The van der Waals surface area contributed by atoms with Gasteiger partial charge in [0.1, 0.15) is 0 Å². The van der Waals surface area contributed by atoms with Crippen LogP contribution in [0.25, 0.3) is 0 Å². The Labute approximate surface area is 145 Å². The quantitative estimate of drug-likeness (QED) is 0.784. The van der Waals surface area contributed by atoms with Crippen LogP contribution in [-0.2, 0) is 0 Å². The van der Waals surface area contributed by atoms with Crippen molar-refractivity contribution in [3.05, 3.63) is 34.4 Å². The first kappa shape index (κ1) is 17.3. The summed E-state index contributed by atoms with van der Waals surface area (Å²) in [4.78, 5) is 0. The van der Waals surface area contributed by atoms with Crippen molar-refractivity contribution in [1.82, 2.24) is 0 Å². The second kappa shape index (κ2) is 6.79. The van der Waals surface area contributed by atoms with Gasteiger partial charge in [0.05, 0.1) is 6.10 Å². The molecule has 2 unspecified atom stereocenters. The van der Waals surface area contributed by atoms with E-state index in [-0.39, 0.29) is 6.10 Å². The van der Waals surface area contributed by atoms with Gasteiger partial charge in [-0.05, 0) is 68.9 Å². The third kappa shape index (κ3) is 3.19. The van der Waals surface area contributed by atoms with E-state index in [9.17, 15) is 5.11 Å². The second-order valence-electron chi connectivity index (χ2n) is 7.87. The monoisotopic (exact) mass is 330 g/mol. The van der Waals surface area contributed by atoms with Crippen molar-refractivity contribution in [1.29, 1.82) is 0 Å². The van der Waals surface area contributed by atoms with Crippen LogP contribution < -0.4 is 9.47 Å². The molecule has 0 spiro atoms. The number of rotatable bonds is 4. The molecule has 24 heavy (non-hydrogen) atoms. The van der Waals surface area contributed by atoms with Crippen LogP contribution in [-0.4, -0.2) is 18.0 Å². The summed E-state index contributed by atoms with van der Waals surface area (Å²) >= 11 is 0. The topological polar surface area (TPSA) is 38.7 Å². The Morgan fingerprint density at radius 2 is 2.00 bits per heavy atom. The number of fused-ring (bicyclic) bond motifs is 3. The van der Waals surface area contributed by atoms with Gasteiger partial charge in [-0.1, -0.05) is 31.6 Å². The fourth-order valence-corrected chi connectivity index (χ4v) is 4.41. The minimum atomic E-state index is -0.358. The molecule has 1 aromatic carbocycles. The Morgan fingerprint density at radius 1 is 1.29 bits per heavy atom. The van der Waals surface area contributed by atoms with Gasteiger partial charge in [-0.3, -0.25) is 0 Å². The van der Waals surface area contributed by atoms with Gasteiger partial charge in [0, 0.05) is 5.56 Å². The molecule has 3 rings (SSSR count). The van der Waals surface area contributed by atoms with E-state index in [0.717, 1.165) is 23.5 Å². The number of allylic oxidation sites excluding steroid dienone is 1. The lowest BCUT2D eigenvalue weighted by Gasteiger charge is -2.35. The zero-order chi connectivity index (χ0) is 17.4. The fraction of sp³-hybridized carbons (Fsp3) is 0.619. The van der Waals surface area contributed by atoms with Gasteiger partial charge in [0.2, 0.25) is 6.79 Å². The minimum Gasteiger partial charge on any atom is -0.453 e. The highest BCUT2D eigenvalue weighted by atomic mass is 16.7. The van der Waals surface area contributed by atoms with Crippen LogP contribution >= 0.6 is 0 Å². The lowest BCUT2D eigenvalue weighted by molar-refractivity contribution is 0.171. The first-order chi connectivity index (χ1) is 11.4. The summed E-state index contributed by atoms with van der Waals surface area (Å²) in [7, 11) is 0. The van der Waals surface area contributed by atoms with Crippen molar-refractivity contribution in [2.45, 2.75) is 71.8 Å². The molecule has 0 aromatic heterocycles. The van der Waals surface area contributed by atoms with Gasteiger partial charge in [-0.15, -0.1) is 0 Å². The molecule has 1 aromatic rings. The van der Waals surface area contributed by atoms with E-state index in [4.69, 9.17) is 9.47 Å². The van der Waals surface area contributed by atoms with Gasteiger partial charge in [-0.25, -0.2) is 0 Å². The number of aliphatic hydroxyl groups is 1. The average Bonchev–Trinajstić information content (AvgIpc) is 2.96. The van der Waals surface area contributed by atoms with Gasteiger partial charge in [-0.2, -0.15) is 0 Å². The summed E-state index contributed by atoms with van der Waals surface area (Å²) in [6, 6.07) is 2.30. The third-order valence-corrected chi connectivity index (χ3v) is 5.53. The molecule has 1 aliphatic carbocycles. The highest BCUT2D eigenvalue weighted by molar-refractivity contribution is 5.59. The molecular formula is C21H30O3. The molecule has 0 bridgehead atoms. The van der Waals surface area contributed by atoms with E-state index >= 15 is 0 Å². The van der Waals surface area contributed by atoms with Crippen LogP contribution in [0.4, 0.5) is 0 Å². The molecule has 2 aliphatic rings. The van der Waals surface area contributed by atoms with Crippen LogP contribution in [0.15, 0.2) is 17.7 Å². The number of hydrogen-bond acceptors (Lipinski definition) is 3.